The molecule has 23 heavy (non-hydrogen) atoms. The van der Waals surface area contributed by atoms with E-state index in [0.717, 1.165) is 11.3 Å². The topological polar surface area (TPSA) is 71.1 Å². The van der Waals surface area contributed by atoms with Crippen molar-refractivity contribution in [3.05, 3.63) is 36.0 Å². The Kier molecular flexibility index (Phi) is 5.85. The van der Waals surface area contributed by atoms with Crippen molar-refractivity contribution in [2.45, 2.75) is 0 Å². The van der Waals surface area contributed by atoms with Crippen molar-refractivity contribution in [1.82, 2.24) is 15.1 Å². The number of nitrogens with zero attached hydrogens (tertiary/aromatic N) is 2. The van der Waals surface area contributed by atoms with Crippen molar-refractivity contribution in [1.29, 1.82) is 0 Å². The van der Waals surface area contributed by atoms with E-state index in [1.165, 1.54) is 7.11 Å². The Morgan fingerprint density at radius 1 is 1.09 bits per heavy atom. The average molecular weight is 319 g/mol. The average Bonchev–Trinajstić information content (AvgIpc) is 2.61. The molecular weight excluding hydrogens is 298 g/mol. The molecule has 1 N–H and O–H groups in total. The van der Waals surface area contributed by atoms with Crippen molar-refractivity contribution in [2.24, 2.45) is 0 Å². The van der Waals surface area contributed by atoms with Crippen LogP contribution in [0.2, 0.25) is 0 Å². The lowest BCUT2D eigenvalue weighted by Gasteiger charge is -2.33. The molecule has 1 saturated heterocycles. The predicted octanol–water partition coefficient (Wildman–Crippen LogP) is 1.76. The van der Waals surface area contributed by atoms with Crippen LogP contribution in [0.25, 0.3) is 6.08 Å². The summed E-state index contributed by atoms with van der Waals surface area (Å²) in [4.78, 5) is 26.7. The number of para-hydroxylation sites is 1. The Balaban J connectivity index is 1.84. The summed E-state index contributed by atoms with van der Waals surface area (Å²) in [5.41, 5.74) is 0.880. The molecule has 0 saturated carbocycles. The number of urea groups is 1. The van der Waals surface area contributed by atoms with Crippen LogP contribution < -0.4 is 10.1 Å². The van der Waals surface area contributed by atoms with Gasteiger partial charge < -0.3 is 24.6 Å². The molecule has 3 amide bonds. The highest BCUT2D eigenvalue weighted by molar-refractivity contribution is 5.77. The van der Waals surface area contributed by atoms with Crippen molar-refractivity contribution in [2.75, 3.05) is 40.4 Å². The Labute approximate surface area is 135 Å². The summed E-state index contributed by atoms with van der Waals surface area (Å²) in [5.74, 6) is 0.740. The van der Waals surface area contributed by atoms with Crippen molar-refractivity contribution >= 4 is 18.2 Å². The minimum Gasteiger partial charge on any atom is -0.496 e. The molecule has 1 aliphatic heterocycles. The standard InChI is InChI=1S/C16H21N3O4/c1-22-14-6-4-3-5-13(14)7-8-17-15(20)18-9-11-19(12-10-18)16(21)23-2/h3-8H,9-12H2,1-2H3,(H,17,20)/b8-7+. The molecule has 0 spiro atoms. The second-order valence-corrected chi connectivity index (χ2v) is 4.97. The van der Waals surface area contributed by atoms with E-state index < -0.39 is 0 Å². The van der Waals surface area contributed by atoms with Crippen LogP contribution in [0.5, 0.6) is 5.75 Å². The van der Waals surface area contributed by atoms with Gasteiger partial charge in [0.15, 0.2) is 0 Å². The fraction of sp³-hybridized carbons (Fsp3) is 0.375. The van der Waals surface area contributed by atoms with E-state index in [9.17, 15) is 9.59 Å². The lowest BCUT2D eigenvalue weighted by molar-refractivity contribution is 0.0977. The molecule has 0 aliphatic carbocycles. The van der Waals surface area contributed by atoms with Gasteiger partial charge in [0.2, 0.25) is 0 Å². The molecule has 0 aromatic heterocycles. The predicted molar refractivity (Wildman–Crippen MR) is 86.1 cm³/mol. The number of hydrogen-bond donors (Lipinski definition) is 1. The molecule has 0 radical (unpaired) electrons. The van der Waals surface area contributed by atoms with E-state index in [1.54, 1.807) is 29.2 Å². The molecule has 2 rings (SSSR count). The molecule has 1 heterocycles. The Hall–Kier alpha value is -2.70. The van der Waals surface area contributed by atoms with Crippen LogP contribution in [0.4, 0.5) is 9.59 Å². The summed E-state index contributed by atoms with van der Waals surface area (Å²) in [5, 5.41) is 2.73. The molecule has 124 valence electrons. The van der Waals surface area contributed by atoms with Gasteiger partial charge in [-0.2, -0.15) is 0 Å². The van der Waals surface area contributed by atoms with Gasteiger partial charge >= 0.3 is 12.1 Å². The lowest BCUT2D eigenvalue weighted by atomic mass is 10.2. The van der Waals surface area contributed by atoms with Crippen LogP contribution in [0, 0.1) is 0 Å². The van der Waals surface area contributed by atoms with E-state index in [0.29, 0.717) is 26.2 Å². The number of benzene rings is 1. The zero-order valence-corrected chi connectivity index (χ0v) is 13.3. The highest BCUT2D eigenvalue weighted by Crippen LogP contribution is 2.18. The first kappa shape index (κ1) is 16.7. The number of carbonyl (C=O) groups is 2. The summed E-state index contributed by atoms with van der Waals surface area (Å²) in [6, 6.07) is 7.34. The zero-order valence-electron chi connectivity index (χ0n) is 13.3. The van der Waals surface area contributed by atoms with Gasteiger partial charge in [0.05, 0.1) is 14.2 Å². The highest BCUT2D eigenvalue weighted by Gasteiger charge is 2.23. The van der Waals surface area contributed by atoms with Crippen LogP contribution >= 0.6 is 0 Å². The number of carbonyl (C=O) groups excluding carboxylic acids is 2. The minimum atomic E-state index is -0.360. The van der Waals surface area contributed by atoms with Gasteiger partial charge in [-0.25, -0.2) is 9.59 Å². The third-order valence-corrected chi connectivity index (χ3v) is 3.61. The van der Waals surface area contributed by atoms with Crippen LogP contribution in [-0.2, 0) is 4.74 Å². The number of piperazine rings is 1. The van der Waals surface area contributed by atoms with Crippen LogP contribution in [-0.4, -0.2) is 62.3 Å². The molecule has 0 bridgehead atoms. The third kappa shape index (κ3) is 4.38. The number of hydrogen-bond acceptors (Lipinski definition) is 4. The summed E-state index contributed by atoms with van der Waals surface area (Å²) < 4.78 is 9.91. The van der Waals surface area contributed by atoms with Gasteiger partial charge in [0.25, 0.3) is 0 Å². The van der Waals surface area contributed by atoms with E-state index in [2.05, 4.69) is 10.1 Å². The number of methoxy groups -OCH3 is 2. The van der Waals surface area contributed by atoms with Crippen LogP contribution in [0.3, 0.4) is 0 Å². The molecule has 0 unspecified atom stereocenters. The van der Waals surface area contributed by atoms with E-state index in [1.807, 2.05) is 24.3 Å². The van der Waals surface area contributed by atoms with Gasteiger partial charge in [0.1, 0.15) is 5.75 Å². The Bertz CT molecular complexity index is 580. The molecule has 7 nitrogen and oxygen atoms in total. The Morgan fingerprint density at radius 3 is 2.39 bits per heavy atom. The summed E-state index contributed by atoms with van der Waals surface area (Å²) >= 11 is 0. The fourth-order valence-corrected chi connectivity index (χ4v) is 2.32. The fourth-order valence-electron chi connectivity index (χ4n) is 2.32. The molecular formula is C16H21N3O4. The van der Waals surface area contributed by atoms with Crippen molar-refractivity contribution in [3.63, 3.8) is 0 Å². The number of rotatable bonds is 3. The van der Waals surface area contributed by atoms with Gasteiger partial charge in [-0.05, 0) is 12.1 Å². The van der Waals surface area contributed by atoms with Gasteiger partial charge in [-0.3, -0.25) is 0 Å². The van der Waals surface area contributed by atoms with Crippen molar-refractivity contribution < 1.29 is 19.1 Å². The summed E-state index contributed by atoms with van der Waals surface area (Å²) in [6.45, 7) is 1.89. The third-order valence-electron chi connectivity index (χ3n) is 3.61. The maximum atomic E-state index is 12.1. The monoisotopic (exact) mass is 319 g/mol. The number of ether oxygens (including phenoxy) is 2. The zero-order chi connectivity index (χ0) is 16.7. The molecule has 1 aromatic rings. The van der Waals surface area contributed by atoms with Gasteiger partial charge in [0, 0.05) is 37.9 Å². The van der Waals surface area contributed by atoms with Crippen LogP contribution in [0.1, 0.15) is 5.56 Å². The first-order valence-electron chi connectivity index (χ1n) is 7.33. The van der Waals surface area contributed by atoms with Crippen molar-refractivity contribution in [3.8, 4) is 5.75 Å². The first-order valence-corrected chi connectivity index (χ1v) is 7.33. The second-order valence-electron chi connectivity index (χ2n) is 4.97. The lowest BCUT2D eigenvalue weighted by Crippen LogP contribution is -2.52. The molecule has 1 aliphatic rings. The normalized spacial score (nSPS) is 14.7. The molecule has 7 heteroatoms. The first-order chi connectivity index (χ1) is 11.2. The van der Waals surface area contributed by atoms with E-state index in [4.69, 9.17) is 4.74 Å². The SMILES string of the molecule is COC(=O)N1CCN(C(=O)N/C=C/c2ccccc2OC)CC1. The second kappa shape index (κ2) is 8.07. The van der Waals surface area contributed by atoms with Crippen LogP contribution in [0.15, 0.2) is 30.5 Å². The van der Waals surface area contributed by atoms with Gasteiger partial charge in [-0.15, -0.1) is 0 Å². The summed E-state index contributed by atoms with van der Waals surface area (Å²) in [7, 11) is 2.95. The Morgan fingerprint density at radius 2 is 1.74 bits per heavy atom. The molecule has 0 atom stereocenters. The quantitative estimate of drug-likeness (QED) is 0.921. The maximum absolute atomic E-state index is 12.1. The smallest absolute Gasteiger partial charge is 0.409 e. The van der Waals surface area contributed by atoms with E-state index in [-0.39, 0.29) is 12.1 Å². The number of amides is 3. The molecule has 1 fully saturated rings. The largest absolute Gasteiger partial charge is 0.496 e. The maximum Gasteiger partial charge on any atom is 0.409 e. The number of nitrogens with one attached hydrogen (secondary N) is 1. The van der Waals surface area contributed by atoms with E-state index >= 15 is 0 Å². The van der Waals surface area contributed by atoms with Gasteiger partial charge in [-0.1, -0.05) is 18.2 Å². The highest BCUT2D eigenvalue weighted by atomic mass is 16.5. The minimum absolute atomic E-state index is 0.194. The summed E-state index contributed by atoms with van der Waals surface area (Å²) in [6.07, 6.45) is 3.01. The molecule has 1 aromatic carbocycles.